The molecule has 0 aliphatic heterocycles. The second-order valence-corrected chi connectivity index (χ2v) is 3.03. The molecule has 13 heavy (non-hydrogen) atoms. The van der Waals surface area contributed by atoms with E-state index < -0.39 is 5.97 Å². The molecule has 0 saturated heterocycles. The van der Waals surface area contributed by atoms with Crippen LogP contribution >= 0.6 is 11.6 Å². The number of nitrogen functional groups attached to an aromatic ring is 1. The van der Waals surface area contributed by atoms with Crippen LogP contribution in [0.5, 0.6) is 0 Å². The highest BCUT2D eigenvalue weighted by atomic mass is 35.5. The molecule has 0 aliphatic rings. The van der Waals surface area contributed by atoms with Gasteiger partial charge in [0.15, 0.2) is 0 Å². The predicted octanol–water partition coefficient (Wildman–Crippen LogP) is 2.02. The van der Waals surface area contributed by atoms with Crippen LogP contribution in [0.2, 0.25) is 5.02 Å². The highest BCUT2D eigenvalue weighted by molar-refractivity contribution is 6.36. The van der Waals surface area contributed by atoms with Crippen LogP contribution in [-0.4, -0.2) is 13.1 Å². The summed E-state index contributed by atoms with van der Waals surface area (Å²) in [6.07, 6.45) is 0. The third-order valence-corrected chi connectivity index (χ3v) is 2.21. The van der Waals surface area contributed by atoms with Gasteiger partial charge in [0.25, 0.3) is 0 Å². The van der Waals surface area contributed by atoms with Crippen molar-refractivity contribution in [3.63, 3.8) is 0 Å². The molecule has 0 amide bonds. The Hall–Kier alpha value is -1.22. The maximum atomic E-state index is 11.1. The van der Waals surface area contributed by atoms with E-state index in [2.05, 4.69) is 4.74 Å². The van der Waals surface area contributed by atoms with Gasteiger partial charge in [0.2, 0.25) is 0 Å². The van der Waals surface area contributed by atoms with Gasteiger partial charge in [0.1, 0.15) is 0 Å². The fraction of sp³-hybridized carbons (Fsp3) is 0.222. The van der Waals surface area contributed by atoms with Crippen LogP contribution in [0.4, 0.5) is 5.69 Å². The smallest absolute Gasteiger partial charge is 0.339 e. The van der Waals surface area contributed by atoms with Crippen LogP contribution in [0, 0.1) is 6.92 Å². The van der Waals surface area contributed by atoms with Crippen LogP contribution in [-0.2, 0) is 4.74 Å². The van der Waals surface area contributed by atoms with Crippen LogP contribution in [0.25, 0.3) is 0 Å². The Kier molecular flexibility index (Phi) is 2.78. The third kappa shape index (κ3) is 1.75. The van der Waals surface area contributed by atoms with Gasteiger partial charge in [-0.2, -0.15) is 0 Å². The minimum Gasteiger partial charge on any atom is -0.465 e. The molecule has 0 unspecified atom stereocenters. The summed E-state index contributed by atoms with van der Waals surface area (Å²) in [7, 11) is 1.30. The number of halogens is 1. The molecule has 1 aromatic carbocycles. The lowest BCUT2D eigenvalue weighted by atomic mass is 10.1. The van der Waals surface area contributed by atoms with Gasteiger partial charge >= 0.3 is 5.97 Å². The number of nitrogens with two attached hydrogens (primary N) is 1. The molecule has 0 spiro atoms. The summed E-state index contributed by atoms with van der Waals surface area (Å²) in [4.78, 5) is 11.1. The zero-order chi connectivity index (χ0) is 10.0. The second kappa shape index (κ2) is 3.66. The van der Waals surface area contributed by atoms with Crippen LogP contribution in [0.1, 0.15) is 15.9 Å². The van der Waals surface area contributed by atoms with Crippen molar-refractivity contribution in [2.45, 2.75) is 6.92 Å². The Morgan fingerprint density at radius 3 is 2.69 bits per heavy atom. The monoisotopic (exact) mass is 199 g/mol. The van der Waals surface area contributed by atoms with Crippen molar-refractivity contribution >= 4 is 23.3 Å². The molecule has 0 aliphatic carbocycles. The van der Waals surface area contributed by atoms with E-state index in [9.17, 15) is 4.79 Å². The van der Waals surface area contributed by atoms with Crippen molar-refractivity contribution in [1.29, 1.82) is 0 Å². The second-order valence-electron chi connectivity index (χ2n) is 2.65. The molecule has 2 N–H and O–H groups in total. The number of ether oxygens (including phenoxy) is 1. The van der Waals surface area contributed by atoms with E-state index >= 15 is 0 Å². The number of carbonyl (C=O) groups excluding carboxylic acids is 1. The number of hydrogen-bond acceptors (Lipinski definition) is 3. The minimum atomic E-state index is -0.475. The molecule has 3 nitrogen and oxygen atoms in total. The van der Waals surface area contributed by atoms with Crippen LogP contribution in [0.3, 0.4) is 0 Å². The van der Waals surface area contributed by atoms with E-state index in [0.29, 0.717) is 11.3 Å². The number of rotatable bonds is 1. The van der Waals surface area contributed by atoms with Crippen molar-refractivity contribution < 1.29 is 9.53 Å². The lowest BCUT2D eigenvalue weighted by molar-refractivity contribution is 0.0601. The van der Waals surface area contributed by atoms with Crippen molar-refractivity contribution in [3.8, 4) is 0 Å². The average Bonchev–Trinajstić information content (AvgIpc) is 2.13. The molecular formula is C9H10ClNO2. The van der Waals surface area contributed by atoms with Crippen molar-refractivity contribution in [2.24, 2.45) is 0 Å². The standard InChI is InChI=1S/C9H10ClNO2/c1-5-3-4-6(9(12)13-2)7(10)8(5)11/h3-4H,11H2,1-2H3. The SMILES string of the molecule is COC(=O)c1ccc(C)c(N)c1Cl. The summed E-state index contributed by atoms with van der Waals surface area (Å²) in [6.45, 7) is 1.82. The molecule has 0 radical (unpaired) electrons. The van der Waals surface area contributed by atoms with E-state index in [1.54, 1.807) is 12.1 Å². The molecule has 70 valence electrons. The molecule has 0 heterocycles. The van der Waals surface area contributed by atoms with Crippen molar-refractivity contribution in [2.75, 3.05) is 12.8 Å². The first-order valence-corrected chi connectivity index (χ1v) is 4.08. The Bertz CT molecular complexity index is 350. The summed E-state index contributed by atoms with van der Waals surface area (Å²) >= 11 is 5.85. The van der Waals surface area contributed by atoms with Crippen LogP contribution < -0.4 is 5.73 Å². The predicted molar refractivity (Wildman–Crippen MR) is 51.9 cm³/mol. The van der Waals surface area contributed by atoms with Gasteiger partial charge in [0, 0.05) is 0 Å². The maximum Gasteiger partial charge on any atom is 0.339 e. The van der Waals surface area contributed by atoms with E-state index in [-0.39, 0.29) is 5.02 Å². The largest absolute Gasteiger partial charge is 0.465 e. The Morgan fingerprint density at radius 2 is 2.15 bits per heavy atom. The molecule has 4 heteroatoms. The Morgan fingerprint density at radius 1 is 1.54 bits per heavy atom. The highest BCUT2D eigenvalue weighted by Crippen LogP contribution is 2.26. The van der Waals surface area contributed by atoms with Gasteiger partial charge in [0.05, 0.1) is 23.4 Å². The summed E-state index contributed by atoms with van der Waals surface area (Å²) in [5, 5.41) is 0.256. The van der Waals surface area contributed by atoms with Gasteiger partial charge in [-0.1, -0.05) is 17.7 Å². The Labute approximate surface area is 81.4 Å². The van der Waals surface area contributed by atoms with Crippen molar-refractivity contribution in [3.05, 3.63) is 28.3 Å². The third-order valence-electron chi connectivity index (χ3n) is 1.80. The fourth-order valence-electron chi connectivity index (χ4n) is 0.957. The van der Waals surface area contributed by atoms with E-state index in [0.717, 1.165) is 5.56 Å². The first-order valence-electron chi connectivity index (χ1n) is 3.70. The van der Waals surface area contributed by atoms with E-state index in [4.69, 9.17) is 17.3 Å². The van der Waals surface area contributed by atoms with Gasteiger partial charge in [-0.05, 0) is 18.6 Å². The summed E-state index contributed by atoms with van der Waals surface area (Å²) in [5.74, 6) is -0.475. The molecule has 0 fully saturated rings. The molecule has 0 atom stereocenters. The normalized spacial score (nSPS) is 9.77. The minimum absolute atomic E-state index is 0.256. The van der Waals surface area contributed by atoms with E-state index in [1.807, 2.05) is 6.92 Å². The number of carbonyl (C=O) groups is 1. The highest BCUT2D eigenvalue weighted by Gasteiger charge is 2.13. The van der Waals surface area contributed by atoms with Crippen molar-refractivity contribution in [1.82, 2.24) is 0 Å². The number of methoxy groups -OCH3 is 1. The zero-order valence-corrected chi connectivity index (χ0v) is 8.18. The van der Waals surface area contributed by atoms with Crippen LogP contribution in [0.15, 0.2) is 12.1 Å². The molecule has 0 aromatic heterocycles. The first-order chi connectivity index (χ1) is 6.07. The molecule has 1 rings (SSSR count). The quantitative estimate of drug-likeness (QED) is 0.556. The summed E-state index contributed by atoms with van der Waals surface area (Å²) < 4.78 is 4.53. The molecule has 0 bridgehead atoms. The first kappa shape index (κ1) is 9.86. The van der Waals surface area contributed by atoms with Gasteiger partial charge in [-0.3, -0.25) is 0 Å². The lowest BCUT2D eigenvalue weighted by Crippen LogP contribution is -2.04. The number of hydrogen-bond donors (Lipinski definition) is 1. The average molecular weight is 200 g/mol. The topological polar surface area (TPSA) is 52.3 Å². The van der Waals surface area contributed by atoms with Gasteiger partial charge < -0.3 is 10.5 Å². The number of esters is 1. The summed E-state index contributed by atoms with van der Waals surface area (Å²) in [5.41, 5.74) is 7.20. The number of aryl methyl sites for hydroxylation is 1. The number of benzene rings is 1. The molecule has 0 saturated carbocycles. The Balaban J connectivity index is 3.26. The van der Waals surface area contributed by atoms with Gasteiger partial charge in [-0.15, -0.1) is 0 Å². The maximum absolute atomic E-state index is 11.1. The fourth-order valence-corrected chi connectivity index (χ4v) is 1.25. The lowest BCUT2D eigenvalue weighted by Gasteiger charge is -2.06. The molecular weight excluding hydrogens is 190 g/mol. The molecule has 1 aromatic rings. The zero-order valence-electron chi connectivity index (χ0n) is 7.43. The van der Waals surface area contributed by atoms with E-state index in [1.165, 1.54) is 7.11 Å². The number of anilines is 1. The van der Waals surface area contributed by atoms with Gasteiger partial charge in [-0.25, -0.2) is 4.79 Å². The summed E-state index contributed by atoms with van der Waals surface area (Å²) in [6, 6.07) is 3.33.